The Hall–Kier alpha value is -2.74. The topological polar surface area (TPSA) is 90.1 Å². The van der Waals surface area contributed by atoms with Gasteiger partial charge in [0.25, 0.3) is 5.69 Å². The molecule has 0 saturated carbocycles. The number of aromatic nitrogens is 2. The minimum atomic E-state index is -0.471. The van der Waals surface area contributed by atoms with E-state index in [1.165, 1.54) is 16.8 Å². The molecule has 0 aliphatic rings. The van der Waals surface area contributed by atoms with Gasteiger partial charge in [-0.05, 0) is 36.8 Å². The molecule has 0 spiro atoms. The first-order valence-electron chi connectivity index (χ1n) is 7.10. The van der Waals surface area contributed by atoms with Gasteiger partial charge in [-0.25, -0.2) is 0 Å². The molecule has 8 heteroatoms. The van der Waals surface area contributed by atoms with E-state index < -0.39 is 4.92 Å². The summed E-state index contributed by atoms with van der Waals surface area (Å²) in [6.07, 6.45) is 1.58. The van der Waals surface area contributed by atoms with Crippen molar-refractivity contribution >= 4 is 44.1 Å². The summed E-state index contributed by atoms with van der Waals surface area (Å²) in [7, 11) is 0. The molecular weight excluding hydrogens is 376 g/mol. The van der Waals surface area contributed by atoms with Crippen LogP contribution in [0, 0.1) is 17.0 Å². The largest absolute Gasteiger partial charge is 0.324 e. The zero-order chi connectivity index (χ0) is 17.3. The number of carbonyl (C=O) groups excluding carboxylic acids is 1. The Morgan fingerprint density at radius 3 is 2.83 bits per heavy atom. The molecule has 1 N–H and O–H groups in total. The number of nitrogens with zero attached hydrogens (tertiary/aromatic N) is 3. The fourth-order valence-corrected chi connectivity index (χ4v) is 2.60. The number of halogens is 1. The minimum absolute atomic E-state index is 0.0280. The lowest BCUT2D eigenvalue weighted by Gasteiger charge is -2.08. The molecule has 0 aliphatic heterocycles. The normalized spacial score (nSPS) is 10.8. The molecule has 122 valence electrons. The van der Waals surface area contributed by atoms with Gasteiger partial charge in [0, 0.05) is 27.7 Å². The van der Waals surface area contributed by atoms with E-state index in [9.17, 15) is 14.9 Å². The molecule has 1 amide bonds. The Labute approximate surface area is 145 Å². The third kappa shape index (κ3) is 3.28. The van der Waals surface area contributed by atoms with Gasteiger partial charge in [-0.3, -0.25) is 19.6 Å². The number of nitrogens with one attached hydrogen (secondary N) is 1. The second-order valence-electron chi connectivity index (χ2n) is 5.31. The first kappa shape index (κ1) is 16.1. The first-order valence-corrected chi connectivity index (χ1v) is 7.89. The van der Waals surface area contributed by atoms with E-state index in [1.54, 1.807) is 18.3 Å². The minimum Gasteiger partial charge on any atom is -0.324 e. The Bertz CT molecular complexity index is 952. The number of rotatable bonds is 4. The molecule has 0 aliphatic carbocycles. The van der Waals surface area contributed by atoms with Gasteiger partial charge in [0.1, 0.15) is 6.54 Å². The number of fused-ring (bicyclic) bond motifs is 1. The molecule has 3 aromatic rings. The van der Waals surface area contributed by atoms with Crippen molar-refractivity contribution in [2.75, 3.05) is 5.32 Å². The molecule has 0 unspecified atom stereocenters. The first-order chi connectivity index (χ1) is 11.4. The number of benzene rings is 2. The highest BCUT2D eigenvalue weighted by atomic mass is 79.9. The number of carbonyl (C=O) groups is 1. The van der Waals surface area contributed by atoms with Gasteiger partial charge < -0.3 is 5.32 Å². The number of hydrogen-bond acceptors (Lipinski definition) is 4. The second kappa shape index (κ2) is 6.40. The summed E-state index contributed by atoms with van der Waals surface area (Å²) in [6.45, 7) is 1.90. The summed E-state index contributed by atoms with van der Waals surface area (Å²) in [4.78, 5) is 22.6. The van der Waals surface area contributed by atoms with E-state index in [-0.39, 0.29) is 18.1 Å². The average Bonchev–Trinajstić information content (AvgIpc) is 2.93. The molecule has 0 fully saturated rings. The van der Waals surface area contributed by atoms with Crippen LogP contribution in [-0.4, -0.2) is 20.6 Å². The summed E-state index contributed by atoms with van der Waals surface area (Å²) in [5, 5.41) is 18.6. The maximum Gasteiger partial charge on any atom is 0.271 e. The predicted molar refractivity (Wildman–Crippen MR) is 93.9 cm³/mol. The molecule has 0 saturated heterocycles. The van der Waals surface area contributed by atoms with Gasteiger partial charge in [0.05, 0.1) is 16.6 Å². The Morgan fingerprint density at radius 1 is 1.33 bits per heavy atom. The van der Waals surface area contributed by atoms with Gasteiger partial charge >= 0.3 is 0 Å². The van der Waals surface area contributed by atoms with Crippen LogP contribution in [0.1, 0.15) is 5.56 Å². The van der Waals surface area contributed by atoms with Crippen LogP contribution in [0.2, 0.25) is 0 Å². The quantitative estimate of drug-likeness (QED) is 0.545. The fraction of sp³-hybridized carbons (Fsp3) is 0.125. The molecule has 0 atom stereocenters. The lowest BCUT2D eigenvalue weighted by molar-refractivity contribution is -0.384. The number of non-ortho nitro benzene ring substituents is 1. The van der Waals surface area contributed by atoms with E-state index >= 15 is 0 Å². The highest BCUT2D eigenvalue weighted by molar-refractivity contribution is 9.10. The monoisotopic (exact) mass is 388 g/mol. The molecule has 7 nitrogen and oxygen atoms in total. The molecule has 0 radical (unpaired) electrons. The molecule has 0 bridgehead atoms. The van der Waals surface area contributed by atoms with Crippen molar-refractivity contribution in [1.29, 1.82) is 0 Å². The van der Waals surface area contributed by atoms with Crippen molar-refractivity contribution in [3.63, 3.8) is 0 Å². The second-order valence-corrected chi connectivity index (χ2v) is 6.17. The van der Waals surface area contributed by atoms with Gasteiger partial charge in [-0.2, -0.15) is 5.10 Å². The van der Waals surface area contributed by atoms with Crippen LogP contribution < -0.4 is 5.32 Å². The van der Waals surface area contributed by atoms with Crippen LogP contribution in [-0.2, 0) is 11.3 Å². The lowest BCUT2D eigenvalue weighted by Crippen LogP contribution is -2.19. The Morgan fingerprint density at radius 2 is 2.12 bits per heavy atom. The number of aryl methyl sites for hydroxylation is 1. The molecule has 1 aromatic heterocycles. The zero-order valence-electron chi connectivity index (χ0n) is 12.7. The molecule has 2 aromatic carbocycles. The summed E-state index contributed by atoms with van der Waals surface area (Å²) < 4.78 is 2.41. The number of nitro groups is 1. The Balaban J connectivity index is 1.81. The summed E-state index contributed by atoms with van der Waals surface area (Å²) >= 11 is 3.41. The number of hydrogen-bond donors (Lipinski definition) is 1. The fourth-order valence-electron chi connectivity index (χ4n) is 2.36. The molecular formula is C16H13BrN4O3. The summed E-state index contributed by atoms with van der Waals surface area (Å²) in [6, 6.07) is 9.96. The highest BCUT2D eigenvalue weighted by Gasteiger charge is 2.12. The maximum absolute atomic E-state index is 12.2. The van der Waals surface area contributed by atoms with E-state index in [0.717, 1.165) is 15.4 Å². The van der Waals surface area contributed by atoms with Crippen molar-refractivity contribution in [1.82, 2.24) is 9.78 Å². The van der Waals surface area contributed by atoms with E-state index in [4.69, 9.17) is 0 Å². The number of nitro benzene ring substituents is 1. The van der Waals surface area contributed by atoms with Crippen LogP contribution in [0.3, 0.4) is 0 Å². The number of anilines is 1. The maximum atomic E-state index is 12.2. The summed E-state index contributed by atoms with van der Waals surface area (Å²) in [5.41, 5.74) is 2.20. The summed E-state index contributed by atoms with van der Waals surface area (Å²) in [5.74, 6) is -0.256. The van der Waals surface area contributed by atoms with E-state index in [2.05, 4.69) is 26.3 Å². The van der Waals surface area contributed by atoms with Gasteiger partial charge in [-0.1, -0.05) is 15.9 Å². The number of amides is 1. The van der Waals surface area contributed by atoms with Crippen LogP contribution >= 0.6 is 15.9 Å². The van der Waals surface area contributed by atoms with Crippen LogP contribution in [0.25, 0.3) is 10.9 Å². The zero-order valence-corrected chi connectivity index (χ0v) is 14.3. The van der Waals surface area contributed by atoms with Gasteiger partial charge in [0.15, 0.2) is 0 Å². The third-order valence-electron chi connectivity index (χ3n) is 3.57. The van der Waals surface area contributed by atoms with Crippen molar-refractivity contribution in [2.45, 2.75) is 13.5 Å². The van der Waals surface area contributed by atoms with Crippen LogP contribution in [0.4, 0.5) is 11.4 Å². The van der Waals surface area contributed by atoms with E-state index in [1.807, 2.05) is 19.1 Å². The van der Waals surface area contributed by atoms with Gasteiger partial charge in [0.2, 0.25) is 5.91 Å². The van der Waals surface area contributed by atoms with Crippen LogP contribution in [0.15, 0.2) is 47.1 Å². The third-order valence-corrected chi connectivity index (χ3v) is 4.46. The molecule has 1 heterocycles. The molecule has 3 rings (SSSR count). The van der Waals surface area contributed by atoms with Gasteiger partial charge in [-0.15, -0.1) is 0 Å². The Kier molecular flexibility index (Phi) is 4.30. The average molecular weight is 389 g/mol. The standard InChI is InChI=1S/C16H13BrN4O3/c1-10-6-12(3-5-14(10)17)19-16(22)9-20-15-7-13(21(23)24)4-2-11(15)8-18-20/h2-8H,9H2,1H3,(H,19,22). The van der Waals surface area contributed by atoms with Crippen molar-refractivity contribution in [3.8, 4) is 0 Å². The van der Waals surface area contributed by atoms with Crippen LogP contribution in [0.5, 0.6) is 0 Å². The van der Waals surface area contributed by atoms with Crippen molar-refractivity contribution < 1.29 is 9.72 Å². The van der Waals surface area contributed by atoms with E-state index in [0.29, 0.717) is 11.2 Å². The SMILES string of the molecule is Cc1cc(NC(=O)Cn2ncc3ccc([N+](=O)[O-])cc32)ccc1Br. The lowest BCUT2D eigenvalue weighted by atomic mass is 10.2. The molecule has 24 heavy (non-hydrogen) atoms. The van der Waals surface area contributed by atoms with Crippen molar-refractivity contribution in [3.05, 3.63) is 62.7 Å². The van der Waals surface area contributed by atoms with Crippen molar-refractivity contribution in [2.24, 2.45) is 0 Å². The smallest absolute Gasteiger partial charge is 0.271 e. The predicted octanol–water partition coefficient (Wildman–Crippen LogP) is 3.65. The highest BCUT2D eigenvalue weighted by Crippen LogP contribution is 2.22.